The Balaban J connectivity index is 1.06. The monoisotopic (exact) mass is 867 g/mol. The van der Waals surface area contributed by atoms with E-state index in [1.807, 2.05) is 24.3 Å². The van der Waals surface area contributed by atoms with Crippen LogP contribution in [0.1, 0.15) is 0 Å². The third-order valence-electron chi connectivity index (χ3n) is 13.2. The van der Waals surface area contributed by atoms with Gasteiger partial charge in [-0.15, -0.1) is 0 Å². The van der Waals surface area contributed by atoms with E-state index in [1.54, 1.807) is 0 Å². The van der Waals surface area contributed by atoms with Crippen LogP contribution in [0.25, 0.3) is 123 Å². The molecule has 10 aromatic carbocycles. The van der Waals surface area contributed by atoms with Crippen LogP contribution in [0.4, 0.5) is 0 Å². The number of para-hydroxylation sites is 2. The molecule has 13 aromatic rings. The molecule has 5 heteroatoms. The molecule has 3 heterocycles. The molecule has 0 aliphatic carbocycles. The molecule has 318 valence electrons. The first-order valence-electron chi connectivity index (χ1n) is 23.0. The van der Waals surface area contributed by atoms with Crippen molar-refractivity contribution in [1.29, 1.82) is 0 Å². The Morgan fingerprint density at radius 1 is 0.235 bits per heavy atom. The van der Waals surface area contributed by atoms with Gasteiger partial charge in [0.2, 0.25) is 0 Å². The molecule has 0 saturated heterocycles. The summed E-state index contributed by atoms with van der Waals surface area (Å²) in [6, 6.07) is 88.3. The quantitative estimate of drug-likeness (QED) is 0.153. The highest BCUT2D eigenvalue weighted by Gasteiger charge is 2.22. The van der Waals surface area contributed by atoms with Gasteiger partial charge in [0, 0.05) is 43.9 Å². The molecule has 0 N–H and O–H groups in total. The van der Waals surface area contributed by atoms with Crippen molar-refractivity contribution in [3.8, 4) is 78.9 Å². The van der Waals surface area contributed by atoms with Crippen LogP contribution in [0.2, 0.25) is 0 Å². The van der Waals surface area contributed by atoms with Crippen LogP contribution >= 0.6 is 0 Å². The number of hydrogen-bond acceptors (Lipinski definition) is 3. The smallest absolute Gasteiger partial charge is 0.166 e. The summed E-state index contributed by atoms with van der Waals surface area (Å²) in [5, 5.41) is 4.75. The fourth-order valence-electron chi connectivity index (χ4n) is 9.94. The van der Waals surface area contributed by atoms with Gasteiger partial charge < -0.3 is 9.13 Å². The first kappa shape index (κ1) is 39.2. The van der Waals surface area contributed by atoms with E-state index < -0.39 is 0 Å². The highest BCUT2D eigenvalue weighted by Crippen LogP contribution is 2.41. The summed E-state index contributed by atoms with van der Waals surface area (Å²) in [6.07, 6.45) is 0. The molecule has 0 radical (unpaired) electrons. The van der Waals surface area contributed by atoms with Crippen molar-refractivity contribution in [3.05, 3.63) is 249 Å². The Bertz CT molecular complexity index is 4010. The summed E-state index contributed by atoms with van der Waals surface area (Å²) in [7, 11) is 0. The van der Waals surface area contributed by atoms with Gasteiger partial charge >= 0.3 is 0 Å². The van der Waals surface area contributed by atoms with Crippen LogP contribution in [0, 0.1) is 0 Å². The zero-order valence-corrected chi connectivity index (χ0v) is 36.9. The molecular formula is C63H41N5. The minimum Gasteiger partial charge on any atom is -0.309 e. The fourth-order valence-corrected chi connectivity index (χ4v) is 9.94. The van der Waals surface area contributed by atoms with Crippen molar-refractivity contribution < 1.29 is 0 Å². The van der Waals surface area contributed by atoms with E-state index in [-0.39, 0.29) is 0 Å². The minimum absolute atomic E-state index is 0.595. The lowest BCUT2D eigenvalue weighted by Gasteiger charge is -2.15. The number of nitrogens with zero attached hydrogens (tertiary/aromatic N) is 5. The highest BCUT2D eigenvalue weighted by atomic mass is 15.1. The van der Waals surface area contributed by atoms with Gasteiger partial charge in [0.1, 0.15) is 0 Å². The molecule has 3 aromatic heterocycles. The van der Waals surface area contributed by atoms with E-state index in [4.69, 9.17) is 15.0 Å². The number of rotatable bonds is 8. The number of aromatic nitrogens is 5. The number of hydrogen-bond donors (Lipinski definition) is 0. The third kappa shape index (κ3) is 6.76. The topological polar surface area (TPSA) is 48.5 Å². The normalized spacial score (nSPS) is 11.5. The number of fused-ring (bicyclic) bond motifs is 6. The molecule has 0 aliphatic heterocycles. The van der Waals surface area contributed by atoms with Crippen LogP contribution in [0.15, 0.2) is 249 Å². The van der Waals surface area contributed by atoms with Gasteiger partial charge in [-0.1, -0.05) is 194 Å². The molecule has 0 fully saturated rings. The summed E-state index contributed by atoms with van der Waals surface area (Å²) in [5.74, 6) is 1.82. The van der Waals surface area contributed by atoms with Crippen LogP contribution in [0.5, 0.6) is 0 Å². The summed E-state index contributed by atoms with van der Waals surface area (Å²) in [4.78, 5) is 15.8. The lowest BCUT2D eigenvalue weighted by atomic mass is 10.0. The zero-order valence-electron chi connectivity index (χ0n) is 36.9. The second-order valence-corrected chi connectivity index (χ2v) is 17.2. The first-order chi connectivity index (χ1) is 33.7. The van der Waals surface area contributed by atoms with Crippen molar-refractivity contribution in [1.82, 2.24) is 24.1 Å². The maximum absolute atomic E-state index is 5.34. The molecule has 0 unspecified atom stereocenters. The molecule has 68 heavy (non-hydrogen) atoms. The van der Waals surface area contributed by atoms with Crippen LogP contribution < -0.4 is 0 Å². The Kier molecular flexibility index (Phi) is 9.43. The van der Waals surface area contributed by atoms with E-state index in [0.29, 0.717) is 17.5 Å². The average Bonchev–Trinajstić information content (AvgIpc) is 3.93. The van der Waals surface area contributed by atoms with Crippen molar-refractivity contribution >= 4 is 43.6 Å². The molecule has 0 bridgehead atoms. The Morgan fingerprint density at radius 3 is 1.43 bits per heavy atom. The second kappa shape index (κ2) is 16.4. The van der Waals surface area contributed by atoms with Crippen molar-refractivity contribution in [2.24, 2.45) is 0 Å². The predicted molar refractivity (Wildman–Crippen MR) is 281 cm³/mol. The molecule has 13 rings (SSSR count). The largest absolute Gasteiger partial charge is 0.309 e. The van der Waals surface area contributed by atoms with E-state index in [2.05, 4.69) is 234 Å². The second-order valence-electron chi connectivity index (χ2n) is 17.2. The van der Waals surface area contributed by atoms with Gasteiger partial charge in [-0.25, -0.2) is 15.0 Å². The standard InChI is InChI=1S/C63H41N5/c1-5-18-42(19-6-1)46-26-17-27-49(38-46)62-64-61(45-24-11-4-12-25-45)65-63(66-62)54-29-14-16-31-57(54)68-58-37-33-47(43-20-7-2-8-21-43)39-55(58)53-36-34-50(41-60(53)68)67-56-30-15-13-28-51(56)52-35-32-48(40-59(52)67)44-22-9-3-10-23-44/h1-41H. The Morgan fingerprint density at radius 2 is 0.706 bits per heavy atom. The maximum Gasteiger partial charge on any atom is 0.166 e. The molecular weight excluding hydrogens is 827 g/mol. The van der Waals surface area contributed by atoms with Gasteiger partial charge in [-0.3, -0.25) is 0 Å². The average molecular weight is 868 g/mol. The van der Waals surface area contributed by atoms with E-state index in [1.165, 1.54) is 27.5 Å². The van der Waals surface area contributed by atoms with Crippen molar-refractivity contribution in [3.63, 3.8) is 0 Å². The lowest BCUT2D eigenvalue weighted by Crippen LogP contribution is -2.04. The van der Waals surface area contributed by atoms with Gasteiger partial charge in [-0.2, -0.15) is 0 Å². The molecule has 0 amide bonds. The maximum atomic E-state index is 5.34. The molecule has 0 saturated carbocycles. The van der Waals surface area contributed by atoms with Crippen LogP contribution in [-0.4, -0.2) is 24.1 Å². The van der Waals surface area contributed by atoms with Gasteiger partial charge in [0.15, 0.2) is 17.5 Å². The lowest BCUT2D eigenvalue weighted by molar-refractivity contribution is 1.06. The summed E-state index contributed by atoms with van der Waals surface area (Å²) >= 11 is 0. The van der Waals surface area contributed by atoms with Crippen LogP contribution in [0.3, 0.4) is 0 Å². The SMILES string of the molecule is c1ccc(-c2cccc(-c3nc(-c4ccccc4)nc(-c4ccccc4-n4c5ccc(-c6ccccc6)cc5c5ccc(-n6c7ccccc7c7ccc(-c8ccccc8)cc76)cc54)n3)c2)cc1. The fraction of sp³-hybridized carbons (Fsp3) is 0. The summed E-state index contributed by atoms with van der Waals surface area (Å²) < 4.78 is 4.83. The Hall–Kier alpha value is -9.19. The highest BCUT2D eigenvalue weighted by molar-refractivity contribution is 6.13. The van der Waals surface area contributed by atoms with Crippen molar-refractivity contribution in [2.75, 3.05) is 0 Å². The molecule has 0 aliphatic rings. The molecule has 5 nitrogen and oxygen atoms in total. The summed E-state index contributed by atoms with van der Waals surface area (Å²) in [5.41, 5.74) is 16.2. The third-order valence-corrected chi connectivity index (χ3v) is 13.2. The van der Waals surface area contributed by atoms with Gasteiger partial charge in [0.25, 0.3) is 0 Å². The number of benzene rings is 10. The van der Waals surface area contributed by atoms with E-state index in [0.717, 1.165) is 77.6 Å². The van der Waals surface area contributed by atoms with Gasteiger partial charge in [-0.05, 0) is 88.0 Å². The van der Waals surface area contributed by atoms with Crippen molar-refractivity contribution in [2.45, 2.75) is 0 Å². The van der Waals surface area contributed by atoms with E-state index >= 15 is 0 Å². The molecule has 0 atom stereocenters. The van der Waals surface area contributed by atoms with Gasteiger partial charge in [0.05, 0.1) is 27.8 Å². The van der Waals surface area contributed by atoms with E-state index in [9.17, 15) is 0 Å². The first-order valence-corrected chi connectivity index (χ1v) is 23.0. The minimum atomic E-state index is 0.595. The van der Waals surface area contributed by atoms with Crippen LogP contribution in [-0.2, 0) is 0 Å². The molecule has 0 spiro atoms. The zero-order chi connectivity index (χ0) is 45.0. The summed E-state index contributed by atoms with van der Waals surface area (Å²) in [6.45, 7) is 0. The Labute approximate surface area is 393 Å². The predicted octanol–water partition coefficient (Wildman–Crippen LogP) is 16.1.